The third-order valence-corrected chi connectivity index (χ3v) is 2.07. The zero-order valence-electron chi connectivity index (χ0n) is 9.55. The third-order valence-electron chi connectivity index (χ3n) is 1.83. The maximum absolute atomic E-state index is 5.21. The summed E-state index contributed by atoms with van der Waals surface area (Å²) in [4.78, 5) is 0. The second-order valence-electron chi connectivity index (χ2n) is 4.31. The number of nitrogens with zero attached hydrogens (tertiary/aromatic N) is 1. The molecule has 0 fully saturated rings. The van der Waals surface area contributed by atoms with E-state index < -0.39 is 0 Å². The lowest BCUT2D eigenvalue weighted by Crippen LogP contribution is -2.28. The van der Waals surface area contributed by atoms with Gasteiger partial charge in [-0.25, -0.2) is 0 Å². The van der Waals surface area contributed by atoms with Crippen LogP contribution in [0.1, 0.15) is 33.5 Å². The molecule has 1 aromatic rings. The van der Waals surface area contributed by atoms with E-state index in [1.165, 1.54) is 0 Å². The molecule has 0 radical (unpaired) electrons. The van der Waals surface area contributed by atoms with Crippen LogP contribution in [0.2, 0.25) is 0 Å². The summed E-state index contributed by atoms with van der Waals surface area (Å²) in [5, 5.41) is 10.4. The number of rotatable bonds is 2. The topological polar surface area (TPSA) is 50.1 Å². The molecule has 0 aliphatic rings. The third kappa shape index (κ3) is 3.51. The van der Waals surface area contributed by atoms with Crippen LogP contribution in [-0.4, -0.2) is 16.8 Å². The lowest BCUT2D eigenvalue weighted by molar-refractivity contribution is 0.331. The Bertz CT molecular complexity index is 341. The highest BCUT2D eigenvalue weighted by Crippen LogP contribution is 2.24. The Morgan fingerprint density at radius 1 is 1.53 bits per heavy atom. The highest BCUT2D eigenvalue weighted by atomic mass is 32.1. The SMILES string of the molecule is CCNC(=S)Nc1cc(C(C)(C)C)on1. The number of anilines is 1. The molecule has 0 spiro atoms. The van der Waals surface area contributed by atoms with Crippen LogP contribution in [-0.2, 0) is 5.41 Å². The molecule has 84 valence electrons. The van der Waals surface area contributed by atoms with E-state index in [1.54, 1.807) is 0 Å². The number of aromatic nitrogens is 1. The predicted octanol–water partition coefficient (Wildman–Crippen LogP) is 2.28. The summed E-state index contributed by atoms with van der Waals surface area (Å²) >= 11 is 5.03. The van der Waals surface area contributed by atoms with Gasteiger partial charge in [0.15, 0.2) is 10.9 Å². The van der Waals surface area contributed by atoms with Crippen molar-refractivity contribution in [2.75, 3.05) is 11.9 Å². The van der Waals surface area contributed by atoms with Crippen molar-refractivity contribution in [3.8, 4) is 0 Å². The Morgan fingerprint density at radius 2 is 2.20 bits per heavy atom. The van der Waals surface area contributed by atoms with E-state index in [0.717, 1.165) is 12.3 Å². The normalized spacial score (nSPS) is 11.2. The van der Waals surface area contributed by atoms with Crippen LogP contribution in [0.5, 0.6) is 0 Å². The second-order valence-corrected chi connectivity index (χ2v) is 4.72. The summed E-state index contributed by atoms with van der Waals surface area (Å²) < 4.78 is 5.21. The van der Waals surface area contributed by atoms with Crippen molar-refractivity contribution in [3.05, 3.63) is 11.8 Å². The van der Waals surface area contributed by atoms with E-state index in [0.29, 0.717) is 10.9 Å². The fourth-order valence-electron chi connectivity index (χ4n) is 1.01. The van der Waals surface area contributed by atoms with Crippen molar-refractivity contribution in [2.24, 2.45) is 0 Å². The zero-order valence-corrected chi connectivity index (χ0v) is 10.4. The summed E-state index contributed by atoms with van der Waals surface area (Å²) in [6.45, 7) is 8.98. The van der Waals surface area contributed by atoms with Crippen LogP contribution >= 0.6 is 12.2 Å². The molecule has 0 amide bonds. The Hall–Kier alpha value is -1.10. The molecule has 0 aliphatic carbocycles. The Balaban J connectivity index is 2.65. The smallest absolute Gasteiger partial charge is 0.175 e. The molecular formula is C10H17N3OS. The van der Waals surface area contributed by atoms with Crippen LogP contribution < -0.4 is 10.6 Å². The fourth-order valence-corrected chi connectivity index (χ4v) is 1.26. The first-order chi connectivity index (χ1) is 6.93. The van der Waals surface area contributed by atoms with Gasteiger partial charge in [0.1, 0.15) is 5.76 Å². The summed E-state index contributed by atoms with van der Waals surface area (Å²) in [6.07, 6.45) is 0. The van der Waals surface area contributed by atoms with Gasteiger partial charge in [-0.05, 0) is 19.1 Å². The maximum Gasteiger partial charge on any atom is 0.175 e. The minimum atomic E-state index is -0.0350. The molecule has 2 N–H and O–H groups in total. The van der Waals surface area contributed by atoms with E-state index in [9.17, 15) is 0 Å². The van der Waals surface area contributed by atoms with Gasteiger partial charge in [-0.15, -0.1) is 0 Å². The van der Waals surface area contributed by atoms with Gasteiger partial charge >= 0.3 is 0 Å². The molecule has 0 bridgehead atoms. The molecule has 0 saturated carbocycles. The first-order valence-electron chi connectivity index (χ1n) is 4.95. The lowest BCUT2D eigenvalue weighted by Gasteiger charge is -2.12. The lowest BCUT2D eigenvalue weighted by atomic mass is 9.93. The largest absolute Gasteiger partial charge is 0.363 e. The standard InChI is InChI=1S/C10H17N3OS/c1-5-11-9(15)12-8-6-7(14-13-8)10(2,3)4/h6H,5H2,1-4H3,(H2,11,12,13,15). The van der Waals surface area contributed by atoms with E-state index in [-0.39, 0.29) is 5.41 Å². The molecule has 0 unspecified atom stereocenters. The summed E-state index contributed by atoms with van der Waals surface area (Å²) in [7, 11) is 0. The second kappa shape index (κ2) is 4.61. The van der Waals surface area contributed by atoms with E-state index >= 15 is 0 Å². The van der Waals surface area contributed by atoms with E-state index in [2.05, 4.69) is 36.6 Å². The molecule has 5 heteroatoms. The summed E-state index contributed by atoms with van der Waals surface area (Å²) in [5.74, 6) is 1.48. The molecule has 0 saturated heterocycles. The molecule has 4 nitrogen and oxygen atoms in total. The number of nitrogens with one attached hydrogen (secondary N) is 2. The summed E-state index contributed by atoms with van der Waals surface area (Å²) in [6, 6.07) is 1.86. The number of thiocarbonyl (C=S) groups is 1. The van der Waals surface area contributed by atoms with Gasteiger partial charge in [0.25, 0.3) is 0 Å². The fraction of sp³-hybridized carbons (Fsp3) is 0.600. The zero-order chi connectivity index (χ0) is 11.5. The monoisotopic (exact) mass is 227 g/mol. The minimum absolute atomic E-state index is 0.0350. The van der Waals surface area contributed by atoms with Crippen LogP contribution in [0.3, 0.4) is 0 Å². The molecule has 0 atom stereocenters. The van der Waals surface area contributed by atoms with Crippen molar-refractivity contribution < 1.29 is 4.52 Å². The van der Waals surface area contributed by atoms with Crippen LogP contribution in [0, 0.1) is 0 Å². The molecule has 1 rings (SSSR count). The van der Waals surface area contributed by atoms with Crippen LogP contribution in [0.4, 0.5) is 5.82 Å². The van der Waals surface area contributed by atoms with Gasteiger partial charge in [0, 0.05) is 18.0 Å². The van der Waals surface area contributed by atoms with Crippen molar-refractivity contribution in [3.63, 3.8) is 0 Å². The van der Waals surface area contributed by atoms with Crippen LogP contribution in [0.15, 0.2) is 10.6 Å². The quantitative estimate of drug-likeness (QED) is 0.759. The van der Waals surface area contributed by atoms with Gasteiger partial charge in [0.2, 0.25) is 0 Å². The van der Waals surface area contributed by atoms with E-state index in [1.807, 2.05) is 13.0 Å². The number of hydrogen-bond donors (Lipinski definition) is 2. The van der Waals surface area contributed by atoms with Gasteiger partial charge in [0.05, 0.1) is 0 Å². The number of hydrogen-bond acceptors (Lipinski definition) is 3. The summed E-state index contributed by atoms with van der Waals surface area (Å²) in [5.41, 5.74) is -0.0350. The average molecular weight is 227 g/mol. The first kappa shape index (κ1) is 12.0. The van der Waals surface area contributed by atoms with Gasteiger partial charge in [-0.3, -0.25) is 0 Å². The minimum Gasteiger partial charge on any atom is -0.363 e. The van der Waals surface area contributed by atoms with Crippen molar-refractivity contribution in [2.45, 2.75) is 33.1 Å². The van der Waals surface area contributed by atoms with Crippen molar-refractivity contribution >= 4 is 23.1 Å². The highest BCUT2D eigenvalue weighted by Gasteiger charge is 2.19. The molecule has 0 aromatic carbocycles. The molecule has 1 heterocycles. The predicted molar refractivity (Wildman–Crippen MR) is 65.1 cm³/mol. The molecular weight excluding hydrogens is 210 g/mol. The van der Waals surface area contributed by atoms with E-state index in [4.69, 9.17) is 16.7 Å². The van der Waals surface area contributed by atoms with Crippen molar-refractivity contribution in [1.29, 1.82) is 0 Å². The Kier molecular flexibility index (Phi) is 3.68. The first-order valence-corrected chi connectivity index (χ1v) is 5.36. The van der Waals surface area contributed by atoms with Crippen LogP contribution in [0.25, 0.3) is 0 Å². The van der Waals surface area contributed by atoms with Crippen molar-refractivity contribution in [1.82, 2.24) is 10.5 Å². The maximum atomic E-state index is 5.21. The van der Waals surface area contributed by atoms with Gasteiger partial charge in [-0.1, -0.05) is 25.9 Å². The Labute approximate surface area is 95.4 Å². The highest BCUT2D eigenvalue weighted by molar-refractivity contribution is 7.80. The molecule has 0 aliphatic heterocycles. The molecule has 1 aromatic heterocycles. The average Bonchev–Trinajstić information content (AvgIpc) is 2.52. The molecule has 15 heavy (non-hydrogen) atoms. The van der Waals surface area contributed by atoms with Gasteiger partial charge in [-0.2, -0.15) is 0 Å². The van der Waals surface area contributed by atoms with Gasteiger partial charge < -0.3 is 15.2 Å². The Morgan fingerprint density at radius 3 is 2.67 bits per heavy atom.